The Hall–Kier alpha value is 1.10. The van der Waals surface area contributed by atoms with Crippen LogP contribution in [0.5, 0.6) is 0 Å². The molecule has 0 fully saturated rings. The largest absolute Gasteiger partial charge is 0.122 e. The molecular weight excluding hydrogens is 256 g/mol. The second-order valence-electron chi connectivity index (χ2n) is 2.55. The summed E-state index contributed by atoms with van der Waals surface area (Å²) < 4.78 is 2.99. The Balaban J connectivity index is 2.26. The minimum Gasteiger partial charge on any atom is -0.122 e. The molecule has 0 saturated heterocycles. The molecule has 0 N–H and O–H groups in total. The predicted molar refractivity (Wildman–Crippen MR) is 75.6 cm³/mol. The van der Waals surface area contributed by atoms with Crippen molar-refractivity contribution in [1.82, 2.24) is 0 Å². The van der Waals surface area contributed by atoms with E-state index in [-0.39, 0.29) is 0 Å². The van der Waals surface area contributed by atoms with Gasteiger partial charge in [0, 0.05) is 4.86 Å². The van der Waals surface area contributed by atoms with Gasteiger partial charge in [-0.3, -0.25) is 0 Å². The van der Waals surface area contributed by atoms with Crippen LogP contribution >= 0.6 is 53.7 Å². The van der Waals surface area contributed by atoms with Gasteiger partial charge < -0.3 is 0 Å². The second-order valence-corrected chi connectivity index (χ2v) is 10.5. The summed E-state index contributed by atoms with van der Waals surface area (Å²) in [4.78, 5) is 1.57. The number of rotatable bonds is 2. The first kappa shape index (κ1) is 10.6. The van der Waals surface area contributed by atoms with Crippen LogP contribution in [0.2, 0.25) is 0 Å². The Morgan fingerprint density at radius 2 is 2.00 bits per heavy atom. The van der Waals surface area contributed by atoms with Gasteiger partial charge in [-0.15, -0.1) is 23.5 Å². The van der Waals surface area contributed by atoms with E-state index in [1.54, 1.807) is 4.86 Å². The fraction of sp³-hybridized carbons (Fsp3) is 0.375. The first-order chi connectivity index (χ1) is 6.26. The molecule has 1 unspecified atom stereocenters. The Morgan fingerprint density at radius 1 is 1.23 bits per heavy atom. The van der Waals surface area contributed by atoms with Gasteiger partial charge in [0.05, 0.1) is 8.47 Å². The number of hydrogen-bond acceptors (Lipinski definition) is 4. The van der Waals surface area contributed by atoms with Crippen molar-refractivity contribution in [3.63, 3.8) is 0 Å². The molecule has 13 heavy (non-hydrogen) atoms. The van der Waals surface area contributed by atoms with Gasteiger partial charge >= 0.3 is 0 Å². The van der Waals surface area contributed by atoms with Crippen LogP contribution < -0.4 is 0 Å². The normalized spacial score (nSPS) is 26.8. The van der Waals surface area contributed by atoms with Crippen LogP contribution in [0.15, 0.2) is 20.1 Å². The lowest BCUT2D eigenvalue weighted by atomic mass is 10.2. The Labute approximate surface area is 97.5 Å². The molecule has 0 aromatic carbocycles. The van der Waals surface area contributed by atoms with Crippen LogP contribution in [0.3, 0.4) is 0 Å². The van der Waals surface area contributed by atoms with E-state index in [2.05, 4.69) is 25.5 Å². The molecule has 2 aliphatic rings. The quantitative estimate of drug-likeness (QED) is 0.531. The monoisotopic (exact) mass is 266 g/mol. The van der Waals surface area contributed by atoms with Crippen molar-refractivity contribution in [3.05, 3.63) is 20.1 Å². The predicted octanol–water partition coefficient (Wildman–Crippen LogP) is 4.55. The molecule has 0 aromatic heterocycles. The van der Waals surface area contributed by atoms with E-state index in [0.29, 0.717) is 8.55 Å². The molecule has 0 bridgehead atoms. The minimum atomic E-state index is 0.384. The third-order valence-corrected chi connectivity index (χ3v) is 11.2. The highest BCUT2D eigenvalue weighted by Crippen LogP contribution is 2.64. The highest BCUT2D eigenvalue weighted by molar-refractivity contribution is 9.18. The third-order valence-electron chi connectivity index (χ3n) is 1.80. The average Bonchev–Trinajstić information content (AvgIpc) is 2.65. The first-order valence-corrected chi connectivity index (χ1v) is 10.1. The zero-order valence-corrected chi connectivity index (χ0v) is 11.7. The molecule has 2 aliphatic heterocycles. The summed E-state index contributed by atoms with van der Waals surface area (Å²) in [7, 11) is 4.45. The third kappa shape index (κ3) is 1.91. The lowest BCUT2D eigenvalue weighted by Crippen LogP contribution is -1.89. The van der Waals surface area contributed by atoms with Crippen LogP contribution in [0, 0.1) is 0 Å². The summed E-state index contributed by atoms with van der Waals surface area (Å²) >= 11 is 3.75. The lowest BCUT2D eigenvalue weighted by molar-refractivity contribution is 1.64. The average molecular weight is 267 g/mol. The SMILES string of the molecule is CSC1=CC2=S(S1)SC(SC)=C2C. The highest BCUT2D eigenvalue weighted by Gasteiger charge is 2.26. The van der Waals surface area contributed by atoms with Gasteiger partial charge in [0.25, 0.3) is 0 Å². The van der Waals surface area contributed by atoms with Crippen LogP contribution in [0.25, 0.3) is 0 Å². The van der Waals surface area contributed by atoms with E-state index < -0.39 is 0 Å². The summed E-state index contributed by atoms with van der Waals surface area (Å²) in [6, 6.07) is 0. The minimum absolute atomic E-state index is 0.384. The first-order valence-electron chi connectivity index (χ1n) is 3.75. The molecule has 0 aromatic rings. The molecule has 0 aliphatic carbocycles. The van der Waals surface area contributed by atoms with Gasteiger partial charge in [0.15, 0.2) is 0 Å². The summed E-state index contributed by atoms with van der Waals surface area (Å²) in [5.74, 6) is 0. The smallest absolute Gasteiger partial charge is 0.0552 e. The molecule has 0 spiro atoms. The summed E-state index contributed by atoms with van der Waals surface area (Å²) in [5, 5.41) is 0. The molecular formula is C8H10S5. The molecule has 0 saturated carbocycles. The molecule has 72 valence electrons. The standard InChI is InChI=1S/C8H10S5/c1-5-6-4-7(9-2)11-13(6)12-8(5)10-3/h4H,1-3H3. The van der Waals surface area contributed by atoms with Gasteiger partial charge in [0.2, 0.25) is 0 Å². The van der Waals surface area contributed by atoms with Crippen molar-refractivity contribution in [3.8, 4) is 0 Å². The van der Waals surface area contributed by atoms with Crippen LogP contribution in [-0.4, -0.2) is 17.4 Å². The maximum absolute atomic E-state index is 2.37. The van der Waals surface area contributed by atoms with Gasteiger partial charge in [-0.2, -0.15) is 0 Å². The van der Waals surface area contributed by atoms with E-state index in [1.807, 2.05) is 45.1 Å². The molecule has 5 heteroatoms. The number of allylic oxidation sites excluding steroid dienone is 2. The number of hydrogen-bond donors (Lipinski definition) is 0. The topological polar surface area (TPSA) is 0 Å². The van der Waals surface area contributed by atoms with Crippen molar-refractivity contribution in [2.24, 2.45) is 0 Å². The molecule has 2 rings (SSSR count). The molecule has 0 radical (unpaired) electrons. The molecule has 2 heterocycles. The second kappa shape index (κ2) is 4.31. The van der Waals surface area contributed by atoms with Gasteiger partial charge in [-0.1, -0.05) is 8.55 Å². The molecule has 0 nitrogen and oxygen atoms in total. The Bertz CT molecular complexity index is 336. The van der Waals surface area contributed by atoms with E-state index in [9.17, 15) is 0 Å². The zero-order chi connectivity index (χ0) is 9.42. The summed E-state index contributed by atoms with van der Waals surface area (Å²) in [6.07, 6.45) is 6.69. The van der Waals surface area contributed by atoms with E-state index in [1.165, 1.54) is 14.0 Å². The van der Waals surface area contributed by atoms with Crippen molar-refractivity contribution in [2.75, 3.05) is 12.5 Å². The van der Waals surface area contributed by atoms with Crippen LogP contribution in [0.1, 0.15) is 6.92 Å². The maximum atomic E-state index is 2.37. The van der Waals surface area contributed by atoms with Gasteiger partial charge in [-0.25, -0.2) is 0 Å². The van der Waals surface area contributed by atoms with E-state index in [4.69, 9.17) is 0 Å². The number of thioether (sulfide) groups is 2. The Kier molecular flexibility index (Phi) is 3.52. The van der Waals surface area contributed by atoms with Crippen molar-refractivity contribution in [1.29, 1.82) is 0 Å². The fourth-order valence-corrected chi connectivity index (χ4v) is 11.9. The lowest BCUT2D eigenvalue weighted by Gasteiger charge is -2.02. The van der Waals surface area contributed by atoms with E-state index >= 15 is 0 Å². The van der Waals surface area contributed by atoms with Crippen molar-refractivity contribution in [2.45, 2.75) is 6.92 Å². The summed E-state index contributed by atoms with van der Waals surface area (Å²) in [5.41, 5.74) is 1.51. The zero-order valence-electron chi connectivity index (χ0n) is 7.62. The molecule has 1 atom stereocenters. The van der Waals surface area contributed by atoms with Crippen LogP contribution in [-0.2, 0) is 0 Å². The van der Waals surface area contributed by atoms with Crippen molar-refractivity contribution < 1.29 is 0 Å². The van der Waals surface area contributed by atoms with Crippen LogP contribution in [0.4, 0.5) is 0 Å². The fourth-order valence-electron chi connectivity index (χ4n) is 1.11. The highest BCUT2D eigenvalue weighted by atomic mass is 33.5. The van der Waals surface area contributed by atoms with Crippen molar-refractivity contribution >= 4 is 58.5 Å². The van der Waals surface area contributed by atoms with E-state index in [0.717, 1.165) is 0 Å². The maximum Gasteiger partial charge on any atom is 0.0552 e. The van der Waals surface area contributed by atoms with Gasteiger partial charge in [-0.05, 0) is 52.7 Å². The van der Waals surface area contributed by atoms with Gasteiger partial charge in [0.1, 0.15) is 0 Å². The summed E-state index contributed by atoms with van der Waals surface area (Å²) in [6.45, 7) is 2.25. The molecule has 0 amide bonds. The Morgan fingerprint density at radius 3 is 2.54 bits per heavy atom.